The smallest absolute Gasteiger partial charge is 0.148 e. The van der Waals surface area contributed by atoms with Crippen molar-refractivity contribution in [3.63, 3.8) is 0 Å². The van der Waals surface area contributed by atoms with Crippen LogP contribution in [0.15, 0.2) is 30.5 Å². The van der Waals surface area contributed by atoms with Crippen molar-refractivity contribution in [1.29, 1.82) is 0 Å². The van der Waals surface area contributed by atoms with Crippen LogP contribution in [0.4, 0.5) is 5.69 Å². The summed E-state index contributed by atoms with van der Waals surface area (Å²) in [6.45, 7) is 6.09. The second-order valence-electron chi connectivity index (χ2n) is 4.20. The zero-order chi connectivity index (χ0) is 9.76. The highest BCUT2D eigenvalue weighted by molar-refractivity contribution is 5.65. The van der Waals surface area contributed by atoms with Crippen molar-refractivity contribution < 1.29 is 4.74 Å². The van der Waals surface area contributed by atoms with Crippen molar-refractivity contribution in [2.45, 2.75) is 25.4 Å². The third-order valence-corrected chi connectivity index (χ3v) is 2.98. The Morgan fingerprint density at radius 2 is 2.21 bits per heavy atom. The molecular formula is C12H13NO. The normalized spacial score (nSPS) is 21.1. The fourth-order valence-electron chi connectivity index (χ4n) is 1.88. The molecule has 0 atom stereocenters. The first-order valence-electron chi connectivity index (χ1n) is 4.96. The Morgan fingerprint density at radius 1 is 1.43 bits per heavy atom. The molecule has 0 bridgehead atoms. The molecule has 72 valence electrons. The van der Waals surface area contributed by atoms with Crippen molar-refractivity contribution in [3.05, 3.63) is 36.0 Å². The first kappa shape index (κ1) is 7.92. The molecule has 1 aromatic carbocycles. The van der Waals surface area contributed by atoms with Crippen LogP contribution < -0.4 is 10.1 Å². The Kier molecular flexibility index (Phi) is 1.31. The van der Waals surface area contributed by atoms with Crippen LogP contribution in [-0.2, 0) is 0 Å². The summed E-state index contributed by atoms with van der Waals surface area (Å²) in [5, 5.41) is 3.32. The van der Waals surface area contributed by atoms with Gasteiger partial charge in [0.15, 0.2) is 0 Å². The molecule has 1 spiro atoms. The molecule has 1 aliphatic heterocycles. The van der Waals surface area contributed by atoms with Crippen molar-refractivity contribution in [3.8, 4) is 5.75 Å². The minimum atomic E-state index is -0.0825. The van der Waals surface area contributed by atoms with Crippen LogP contribution in [0.3, 0.4) is 0 Å². The Hall–Kier alpha value is -1.44. The topological polar surface area (TPSA) is 21.3 Å². The molecule has 3 rings (SSSR count). The Labute approximate surface area is 83.6 Å². The Balaban J connectivity index is 2.07. The molecular weight excluding hydrogens is 174 g/mol. The molecule has 14 heavy (non-hydrogen) atoms. The maximum Gasteiger partial charge on any atom is 0.148 e. The van der Waals surface area contributed by atoms with E-state index in [9.17, 15) is 0 Å². The van der Waals surface area contributed by atoms with Crippen molar-refractivity contribution in [2.24, 2.45) is 0 Å². The first-order chi connectivity index (χ1) is 6.70. The molecule has 0 radical (unpaired) electrons. The van der Waals surface area contributed by atoms with Gasteiger partial charge in [-0.15, -0.1) is 0 Å². The average molecular weight is 187 g/mol. The minimum Gasteiger partial charge on any atom is -0.479 e. The maximum atomic E-state index is 5.96. The number of hydrogen-bond donors (Lipinski definition) is 1. The zero-order valence-electron chi connectivity index (χ0n) is 8.26. The Bertz CT molecular complexity index is 418. The summed E-state index contributed by atoms with van der Waals surface area (Å²) in [5.74, 6) is 0.968. The molecule has 0 saturated heterocycles. The van der Waals surface area contributed by atoms with Crippen LogP contribution in [0.5, 0.6) is 5.75 Å². The van der Waals surface area contributed by atoms with E-state index in [0.717, 1.165) is 30.0 Å². The molecule has 2 aliphatic rings. The minimum absolute atomic E-state index is 0.0825. The summed E-state index contributed by atoms with van der Waals surface area (Å²) < 4.78 is 5.96. The molecule has 1 fully saturated rings. The van der Waals surface area contributed by atoms with E-state index in [4.69, 9.17) is 4.74 Å². The molecule has 1 aliphatic carbocycles. The van der Waals surface area contributed by atoms with E-state index in [1.54, 1.807) is 0 Å². The highest BCUT2D eigenvalue weighted by atomic mass is 16.5. The Morgan fingerprint density at radius 3 is 2.93 bits per heavy atom. The van der Waals surface area contributed by atoms with Gasteiger partial charge >= 0.3 is 0 Å². The number of nitrogens with one attached hydrogen (secondary N) is 1. The van der Waals surface area contributed by atoms with Crippen LogP contribution in [0.2, 0.25) is 0 Å². The average Bonchev–Trinajstić information content (AvgIpc) is 2.89. The number of anilines is 1. The molecule has 1 saturated carbocycles. The molecule has 2 nitrogen and oxygen atoms in total. The standard InChI is InChI=1S/C12H13NO/c1-8-3-4-10-11(7-8)14-12(5-6-12)9(2)13-10/h3-4,7,13H,2,5-6H2,1H3. The predicted molar refractivity (Wildman–Crippen MR) is 56.5 cm³/mol. The number of rotatable bonds is 0. The molecule has 1 aromatic rings. The molecule has 1 heterocycles. The van der Waals surface area contributed by atoms with E-state index in [1.807, 2.05) is 6.07 Å². The second kappa shape index (κ2) is 2.32. The summed E-state index contributed by atoms with van der Waals surface area (Å²) in [6, 6.07) is 6.20. The van der Waals surface area contributed by atoms with Gasteiger partial charge < -0.3 is 10.1 Å². The lowest BCUT2D eigenvalue weighted by atomic mass is 10.1. The lowest BCUT2D eigenvalue weighted by molar-refractivity contribution is 0.212. The third kappa shape index (κ3) is 0.969. The molecule has 1 N–H and O–H groups in total. The largest absolute Gasteiger partial charge is 0.479 e. The van der Waals surface area contributed by atoms with E-state index in [0.29, 0.717) is 0 Å². The van der Waals surface area contributed by atoms with E-state index >= 15 is 0 Å². The van der Waals surface area contributed by atoms with Crippen LogP contribution >= 0.6 is 0 Å². The molecule has 0 unspecified atom stereocenters. The lowest BCUT2D eigenvalue weighted by Crippen LogP contribution is -2.29. The van der Waals surface area contributed by atoms with Gasteiger partial charge in [0.25, 0.3) is 0 Å². The number of benzene rings is 1. The van der Waals surface area contributed by atoms with Crippen molar-refractivity contribution >= 4 is 5.69 Å². The van der Waals surface area contributed by atoms with Crippen LogP contribution in [0.1, 0.15) is 18.4 Å². The number of aryl methyl sites for hydroxylation is 1. The van der Waals surface area contributed by atoms with Gasteiger partial charge in [-0.2, -0.15) is 0 Å². The van der Waals surface area contributed by atoms with E-state index in [2.05, 4.69) is 31.0 Å². The van der Waals surface area contributed by atoms with Crippen LogP contribution in [0, 0.1) is 6.92 Å². The van der Waals surface area contributed by atoms with Crippen LogP contribution in [0.25, 0.3) is 0 Å². The van der Waals surface area contributed by atoms with E-state index in [-0.39, 0.29) is 5.60 Å². The van der Waals surface area contributed by atoms with Gasteiger partial charge in [-0.05, 0) is 37.5 Å². The number of fused-ring (bicyclic) bond motifs is 1. The SMILES string of the molecule is C=C1Nc2ccc(C)cc2OC12CC2. The number of ether oxygens (including phenoxy) is 1. The lowest BCUT2D eigenvalue weighted by Gasteiger charge is -2.29. The van der Waals surface area contributed by atoms with Gasteiger partial charge in [-0.3, -0.25) is 0 Å². The summed E-state index contributed by atoms with van der Waals surface area (Å²) >= 11 is 0. The highest BCUT2D eigenvalue weighted by Gasteiger charge is 2.50. The van der Waals surface area contributed by atoms with Gasteiger partial charge in [-0.1, -0.05) is 12.6 Å². The fourth-order valence-corrected chi connectivity index (χ4v) is 1.88. The van der Waals surface area contributed by atoms with E-state index < -0.39 is 0 Å². The summed E-state index contributed by atoms with van der Waals surface area (Å²) in [5.41, 5.74) is 3.20. The van der Waals surface area contributed by atoms with Gasteiger partial charge in [-0.25, -0.2) is 0 Å². The number of hydrogen-bond acceptors (Lipinski definition) is 2. The first-order valence-corrected chi connectivity index (χ1v) is 4.96. The highest BCUT2D eigenvalue weighted by Crippen LogP contribution is 2.50. The second-order valence-corrected chi connectivity index (χ2v) is 4.20. The van der Waals surface area contributed by atoms with Gasteiger partial charge in [0, 0.05) is 0 Å². The third-order valence-electron chi connectivity index (χ3n) is 2.98. The summed E-state index contributed by atoms with van der Waals surface area (Å²) in [7, 11) is 0. The van der Waals surface area contributed by atoms with Gasteiger partial charge in [0.2, 0.25) is 0 Å². The zero-order valence-corrected chi connectivity index (χ0v) is 8.26. The summed E-state index contributed by atoms with van der Waals surface area (Å²) in [6.07, 6.45) is 2.18. The van der Waals surface area contributed by atoms with Gasteiger partial charge in [0.05, 0.1) is 11.4 Å². The molecule has 0 aromatic heterocycles. The van der Waals surface area contributed by atoms with Crippen LogP contribution in [-0.4, -0.2) is 5.60 Å². The molecule has 0 amide bonds. The quantitative estimate of drug-likeness (QED) is 0.674. The van der Waals surface area contributed by atoms with E-state index in [1.165, 1.54) is 5.56 Å². The molecule has 2 heteroatoms. The predicted octanol–water partition coefficient (Wildman–Crippen LogP) is 2.85. The van der Waals surface area contributed by atoms with Gasteiger partial charge in [0.1, 0.15) is 11.4 Å². The van der Waals surface area contributed by atoms with Crippen molar-refractivity contribution in [1.82, 2.24) is 0 Å². The van der Waals surface area contributed by atoms with Crippen molar-refractivity contribution in [2.75, 3.05) is 5.32 Å². The monoisotopic (exact) mass is 187 g/mol. The fraction of sp³-hybridized carbons (Fsp3) is 0.333. The maximum absolute atomic E-state index is 5.96. The summed E-state index contributed by atoms with van der Waals surface area (Å²) in [4.78, 5) is 0.